The Hall–Kier alpha value is -1.63. The van der Waals surface area contributed by atoms with Crippen LogP contribution in [0.2, 0.25) is 0 Å². The first kappa shape index (κ1) is 13.4. The molecule has 7 heteroatoms. The van der Waals surface area contributed by atoms with Gasteiger partial charge >= 0.3 is 6.18 Å². The van der Waals surface area contributed by atoms with Crippen LogP contribution in [-0.4, -0.2) is 22.3 Å². The van der Waals surface area contributed by atoms with E-state index in [0.29, 0.717) is 0 Å². The third-order valence-electron chi connectivity index (χ3n) is 2.29. The molecule has 1 rings (SSSR count). The van der Waals surface area contributed by atoms with Gasteiger partial charge in [0.1, 0.15) is 0 Å². The monoisotopic (exact) mass is 249 g/mol. The van der Waals surface area contributed by atoms with Crippen molar-refractivity contribution in [3.05, 3.63) is 39.4 Å². The molecule has 0 fully saturated rings. The topological polar surface area (TPSA) is 63.4 Å². The summed E-state index contributed by atoms with van der Waals surface area (Å²) in [6.45, 7) is 1.43. The number of aliphatic hydroxyl groups is 1. The Bertz CT molecular complexity index is 431. The van der Waals surface area contributed by atoms with Gasteiger partial charge in [0.15, 0.2) is 6.10 Å². The fraction of sp³-hybridized carbons (Fsp3) is 0.400. The highest BCUT2D eigenvalue weighted by Gasteiger charge is 2.39. The summed E-state index contributed by atoms with van der Waals surface area (Å²) in [5.41, 5.74) is -0.238. The minimum absolute atomic E-state index is 0.125. The number of hydrogen-bond acceptors (Lipinski definition) is 3. The van der Waals surface area contributed by atoms with Gasteiger partial charge in [-0.25, -0.2) is 0 Å². The molecule has 0 heterocycles. The quantitative estimate of drug-likeness (QED) is 0.660. The standard InChI is InChI=1S/C10H10F3NO3/c1-6-3-2-4-7(9(6)14(16)17)5-8(15)10(11,12)13/h2-4,8,15H,5H2,1H3. The Balaban J connectivity index is 3.07. The van der Waals surface area contributed by atoms with E-state index in [2.05, 4.69) is 0 Å². The average Bonchev–Trinajstić information content (AvgIpc) is 2.15. The van der Waals surface area contributed by atoms with Crippen LogP contribution in [0.3, 0.4) is 0 Å². The molecular weight excluding hydrogens is 239 g/mol. The normalized spacial score (nSPS) is 13.5. The molecule has 17 heavy (non-hydrogen) atoms. The van der Waals surface area contributed by atoms with Crippen molar-refractivity contribution in [2.75, 3.05) is 0 Å². The van der Waals surface area contributed by atoms with Gasteiger partial charge in [-0.05, 0) is 6.92 Å². The third-order valence-corrected chi connectivity index (χ3v) is 2.29. The van der Waals surface area contributed by atoms with Gasteiger partial charge in [-0.3, -0.25) is 10.1 Å². The maximum atomic E-state index is 12.1. The van der Waals surface area contributed by atoms with Crippen molar-refractivity contribution in [2.24, 2.45) is 0 Å². The second-order valence-corrected chi connectivity index (χ2v) is 3.60. The summed E-state index contributed by atoms with van der Waals surface area (Å²) in [4.78, 5) is 9.97. The number of alkyl halides is 3. The molecule has 4 nitrogen and oxygen atoms in total. The molecule has 1 atom stereocenters. The predicted octanol–water partition coefficient (Wildman–Crippen LogP) is 2.37. The first-order chi connectivity index (χ1) is 7.73. The number of nitro groups is 1. The molecule has 94 valence electrons. The summed E-state index contributed by atoms with van der Waals surface area (Å²) >= 11 is 0. The molecule has 0 saturated carbocycles. The molecule has 0 spiro atoms. The van der Waals surface area contributed by atoms with E-state index in [0.717, 1.165) is 0 Å². The first-order valence-electron chi connectivity index (χ1n) is 4.71. The number of halogens is 3. The lowest BCUT2D eigenvalue weighted by Gasteiger charge is -2.14. The van der Waals surface area contributed by atoms with Crippen molar-refractivity contribution < 1.29 is 23.2 Å². The van der Waals surface area contributed by atoms with Gasteiger partial charge in [0.2, 0.25) is 0 Å². The van der Waals surface area contributed by atoms with E-state index < -0.39 is 23.6 Å². The maximum Gasteiger partial charge on any atom is 0.414 e. The van der Waals surface area contributed by atoms with Gasteiger partial charge in [0.25, 0.3) is 5.69 Å². The summed E-state index contributed by atoms with van der Waals surface area (Å²) in [7, 11) is 0. The van der Waals surface area contributed by atoms with Crippen LogP contribution in [-0.2, 0) is 6.42 Å². The highest BCUT2D eigenvalue weighted by molar-refractivity contribution is 5.47. The van der Waals surface area contributed by atoms with Crippen molar-refractivity contribution in [2.45, 2.75) is 25.6 Å². The van der Waals surface area contributed by atoms with Crippen molar-refractivity contribution >= 4 is 5.69 Å². The van der Waals surface area contributed by atoms with Crippen LogP contribution in [0.15, 0.2) is 18.2 Å². The van der Waals surface area contributed by atoms with E-state index in [9.17, 15) is 23.3 Å². The Morgan fingerprint density at radius 3 is 2.53 bits per heavy atom. The highest BCUT2D eigenvalue weighted by atomic mass is 19.4. The molecule has 1 unspecified atom stereocenters. The van der Waals surface area contributed by atoms with Gasteiger partial charge in [-0.15, -0.1) is 0 Å². The number of aliphatic hydroxyl groups excluding tert-OH is 1. The van der Waals surface area contributed by atoms with Gasteiger partial charge in [0.05, 0.1) is 4.92 Å². The number of benzene rings is 1. The van der Waals surface area contributed by atoms with E-state index >= 15 is 0 Å². The lowest BCUT2D eigenvalue weighted by atomic mass is 10.0. The molecule has 1 aromatic rings. The molecule has 0 amide bonds. The minimum atomic E-state index is -4.78. The maximum absolute atomic E-state index is 12.1. The first-order valence-corrected chi connectivity index (χ1v) is 4.71. The van der Waals surface area contributed by atoms with Crippen LogP contribution in [0.1, 0.15) is 11.1 Å². The smallest absolute Gasteiger partial charge is 0.383 e. The molecular formula is C10H10F3NO3. The molecule has 0 aliphatic heterocycles. The summed E-state index contributed by atoms with van der Waals surface area (Å²) in [6.07, 6.45) is -8.19. The zero-order chi connectivity index (χ0) is 13.2. The summed E-state index contributed by atoms with van der Waals surface area (Å²) in [5.74, 6) is 0. The van der Waals surface area contributed by atoms with Crippen molar-refractivity contribution in [3.8, 4) is 0 Å². The fourth-order valence-electron chi connectivity index (χ4n) is 1.47. The van der Waals surface area contributed by atoms with E-state index in [1.807, 2.05) is 0 Å². The van der Waals surface area contributed by atoms with Crippen molar-refractivity contribution in [1.29, 1.82) is 0 Å². The Morgan fingerprint density at radius 2 is 2.06 bits per heavy atom. The number of rotatable bonds is 3. The van der Waals surface area contributed by atoms with Gasteiger partial charge in [-0.1, -0.05) is 18.2 Å². The second-order valence-electron chi connectivity index (χ2n) is 3.60. The van der Waals surface area contributed by atoms with Crippen LogP contribution in [0.5, 0.6) is 0 Å². The number of nitro benzene ring substituents is 1. The van der Waals surface area contributed by atoms with Crippen LogP contribution in [0, 0.1) is 17.0 Å². The average molecular weight is 249 g/mol. The summed E-state index contributed by atoms with van der Waals surface area (Å²) in [6, 6.07) is 4.06. The van der Waals surface area contributed by atoms with E-state index in [1.165, 1.54) is 25.1 Å². The predicted molar refractivity (Wildman–Crippen MR) is 53.6 cm³/mol. The number of para-hydroxylation sites is 1. The van der Waals surface area contributed by atoms with Gasteiger partial charge in [0, 0.05) is 17.5 Å². The number of aryl methyl sites for hydroxylation is 1. The Labute approximate surface area is 94.8 Å². The van der Waals surface area contributed by atoms with Gasteiger partial charge < -0.3 is 5.11 Å². The second kappa shape index (κ2) is 4.70. The summed E-state index contributed by atoms with van der Waals surface area (Å²) in [5, 5.41) is 19.6. The molecule has 0 aliphatic rings. The number of nitrogens with zero attached hydrogens (tertiary/aromatic N) is 1. The zero-order valence-corrected chi connectivity index (χ0v) is 8.86. The molecule has 1 N–H and O–H groups in total. The van der Waals surface area contributed by atoms with Crippen molar-refractivity contribution in [3.63, 3.8) is 0 Å². The SMILES string of the molecule is Cc1cccc(CC(O)C(F)(F)F)c1[N+](=O)[O-]. The van der Waals surface area contributed by atoms with Crippen LogP contribution in [0.25, 0.3) is 0 Å². The van der Waals surface area contributed by atoms with E-state index in [4.69, 9.17) is 5.11 Å². The van der Waals surface area contributed by atoms with E-state index in [-0.39, 0.29) is 16.8 Å². The Morgan fingerprint density at radius 1 is 1.47 bits per heavy atom. The molecule has 0 saturated heterocycles. The fourth-order valence-corrected chi connectivity index (χ4v) is 1.47. The summed E-state index contributed by atoms with van der Waals surface area (Å²) < 4.78 is 36.4. The molecule has 0 bridgehead atoms. The molecule has 0 aromatic heterocycles. The largest absolute Gasteiger partial charge is 0.414 e. The van der Waals surface area contributed by atoms with Gasteiger partial charge in [-0.2, -0.15) is 13.2 Å². The minimum Gasteiger partial charge on any atom is -0.383 e. The van der Waals surface area contributed by atoms with Crippen LogP contribution < -0.4 is 0 Å². The van der Waals surface area contributed by atoms with Crippen LogP contribution >= 0.6 is 0 Å². The third kappa shape index (κ3) is 3.16. The molecule has 0 radical (unpaired) electrons. The van der Waals surface area contributed by atoms with Crippen LogP contribution in [0.4, 0.5) is 18.9 Å². The lowest BCUT2D eigenvalue weighted by molar-refractivity contribution is -0.386. The van der Waals surface area contributed by atoms with E-state index in [1.54, 1.807) is 0 Å². The highest BCUT2D eigenvalue weighted by Crippen LogP contribution is 2.28. The number of hydrogen-bond donors (Lipinski definition) is 1. The lowest BCUT2D eigenvalue weighted by Crippen LogP contribution is -2.30. The van der Waals surface area contributed by atoms with Crippen molar-refractivity contribution in [1.82, 2.24) is 0 Å². The Kier molecular flexibility index (Phi) is 3.72. The molecule has 0 aliphatic carbocycles. The zero-order valence-electron chi connectivity index (χ0n) is 8.86. The molecule has 1 aromatic carbocycles.